The Kier molecular flexibility index (Phi) is 6.94. The van der Waals surface area contributed by atoms with E-state index in [0.717, 1.165) is 16.7 Å². The molecule has 0 aliphatic carbocycles. The molecule has 1 aliphatic heterocycles. The topological polar surface area (TPSA) is 126 Å². The predicted molar refractivity (Wildman–Crippen MR) is 142 cm³/mol. The zero-order valence-corrected chi connectivity index (χ0v) is 21.4. The van der Waals surface area contributed by atoms with Crippen LogP contribution in [0.4, 0.5) is 11.5 Å². The average molecular weight is 513 g/mol. The van der Waals surface area contributed by atoms with Crippen molar-refractivity contribution in [2.45, 2.75) is 13.8 Å². The van der Waals surface area contributed by atoms with Gasteiger partial charge in [-0.3, -0.25) is 9.59 Å². The van der Waals surface area contributed by atoms with Crippen molar-refractivity contribution in [3.8, 4) is 0 Å². The van der Waals surface area contributed by atoms with Crippen LogP contribution in [-0.4, -0.2) is 82.4 Å². The van der Waals surface area contributed by atoms with Crippen molar-refractivity contribution >= 4 is 40.0 Å². The van der Waals surface area contributed by atoms with Crippen molar-refractivity contribution < 1.29 is 9.59 Å². The lowest BCUT2D eigenvalue weighted by molar-refractivity contribution is 0.0532. The lowest BCUT2D eigenvalue weighted by Gasteiger charge is -2.34. The van der Waals surface area contributed by atoms with Gasteiger partial charge in [-0.15, -0.1) is 5.10 Å². The fraction of sp³-hybridized carbons (Fsp3) is 0.269. The summed E-state index contributed by atoms with van der Waals surface area (Å²) >= 11 is 0. The maximum atomic E-state index is 13.0. The van der Waals surface area contributed by atoms with Crippen molar-refractivity contribution in [1.29, 1.82) is 0 Å². The van der Waals surface area contributed by atoms with Gasteiger partial charge < -0.3 is 19.7 Å². The fourth-order valence-electron chi connectivity index (χ4n) is 4.30. The Morgan fingerprint density at radius 1 is 0.895 bits per heavy atom. The second-order valence-electron chi connectivity index (χ2n) is 8.57. The quantitative estimate of drug-likeness (QED) is 0.390. The highest BCUT2D eigenvalue weighted by Crippen LogP contribution is 2.23. The van der Waals surface area contributed by atoms with Gasteiger partial charge in [-0.25, -0.2) is 9.97 Å². The normalized spacial score (nSPS) is 13.3. The van der Waals surface area contributed by atoms with Gasteiger partial charge in [0.1, 0.15) is 5.69 Å². The Labute approximate surface area is 218 Å². The van der Waals surface area contributed by atoms with Gasteiger partial charge in [0.25, 0.3) is 11.8 Å². The molecule has 0 bridgehead atoms. The molecule has 1 fully saturated rings. The molecule has 0 unspecified atom stereocenters. The summed E-state index contributed by atoms with van der Waals surface area (Å²) in [5, 5.41) is 15.2. The number of fused-ring (bicyclic) bond motifs is 3. The van der Waals surface area contributed by atoms with Crippen LogP contribution in [0.3, 0.4) is 0 Å². The van der Waals surface area contributed by atoms with Gasteiger partial charge in [0.15, 0.2) is 5.82 Å². The van der Waals surface area contributed by atoms with Gasteiger partial charge in [-0.1, -0.05) is 26.0 Å². The first kappa shape index (κ1) is 24.8. The maximum absolute atomic E-state index is 13.0. The Morgan fingerprint density at radius 3 is 2.26 bits per heavy atom. The number of anilines is 2. The molecule has 12 nitrogen and oxygen atoms in total. The number of hydrogen-bond donors (Lipinski definition) is 1. The van der Waals surface area contributed by atoms with E-state index >= 15 is 0 Å². The molecular formula is C26H28N10O2. The lowest BCUT2D eigenvalue weighted by atomic mass is 10.1. The number of nitrogens with zero attached hydrogens (tertiary/aromatic N) is 9. The molecule has 6 rings (SSSR count). The number of hydrogen-bond acceptors (Lipinski definition) is 8. The standard InChI is InChI=1S/C24H22N10O2.C2H6/c1-31-14-19(25-15-31)24(36)33-12-10-32(11-13-33)23(35)16-6-8-17(9-7-16)26-21-22-28-29-30-34(22)20-5-3-2-4-18(20)27-21;1-2/h2-9,14-15H,10-13H2,1H3,(H,26,27);1-2H3. The van der Waals surface area contributed by atoms with Crippen LogP contribution in [0.2, 0.25) is 0 Å². The second kappa shape index (κ2) is 10.6. The summed E-state index contributed by atoms with van der Waals surface area (Å²) in [6.45, 7) is 5.88. The SMILES string of the molecule is CC.Cn1cnc(C(=O)N2CCN(C(=O)c3ccc(Nc4nc5ccccc5n5nnnc45)cc3)CC2)c1. The number of carbonyl (C=O) groups excluding carboxylic acids is 2. The van der Waals surface area contributed by atoms with Crippen LogP contribution >= 0.6 is 0 Å². The molecule has 0 spiro atoms. The van der Waals surface area contributed by atoms with Gasteiger partial charge in [0.05, 0.1) is 17.4 Å². The third-order valence-electron chi connectivity index (χ3n) is 6.20. The van der Waals surface area contributed by atoms with E-state index in [-0.39, 0.29) is 11.8 Å². The molecule has 38 heavy (non-hydrogen) atoms. The lowest BCUT2D eigenvalue weighted by Crippen LogP contribution is -2.50. The molecule has 194 valence electrons. The van der Waals surface area contributed by atoms with E-state index in [0.29, 0.717) is 48.9 Å². The predicted octanol–water partition coefficient (Wildman–Crippen LogP) is 2.77. The second-order valence-corrected chi connectivity index (χ2v) is 8.57. The highest BCUT2D eigenvalue weighted by Gasteiger charge is 2.26. The largest absolute Gasteiger partial charge is 0.340 e. The van der Waals surface area contributed by atoms with E-state index in [1.165, 1.54) is 0 Å². The molecule has 4 heterocycles. The number of carbonyl (C=O) groups is 2. The van der Waals surface area contributed by atoms with E-state index in [9.17, 15) is 9.59 Å². The van der Waals surface area contributed by atoms with Gasteiger partial charge in [0.2, 0.25) is 5.65 Å². The number of amides is 2. The summed E-state index contributed by atoms with van der Waals surface area (Å²) in [4.78, 5) is 37.9. The highest BCUT2D eigenvalue weighted by molar-refractivity contribution is 5.95. The molecule has 0 saturated carbocycles. The first-order chi connectivity index (χ1) is 18.6. The first-order valence-electron chi connectivity index (χ1n) is 12.5. The van der Waals surface area contributed by atoms with Gasteiger partial charge in [-0.05, 0) is 46.8 Å². The number of para-hydroxylation sites is 2. The highest BCUT2D eigenvalue weighted by atomic mass is 16.2. The number of rotatable bonds is 4. The first-order valence-corrected chi connectivity index (χ1v) is 12.5. The molecule has 12 heteroatoms. The van der Waals surface area contributed by atoms with Crippen LogP contribution in [0.1, 0.15) is 34.7 Å². The van der Waals surface area contributed by atoms with E-state index in [4.69, 9.17) is 0 Å². The minimum absolute atomic E-state index is 0.0700. The summed E-state index contributed by atoms with van der Waals surface area (Å²) in [7, 11) is 1.83. The monoisotopic (exact) mass is 512 g/mol. The summed E-state index contributed by atoms with van der Waals surface area (Å²) in [6, 6.07) is 14.8. The number of benzene rings is 2. The van der Waals surface area contributed by atoms with E-state index in [1.54, 1.807) is 43.5 Å². The molecule has 2 aromatic carbocycles. The number of nitrogens with one attached hydrogen (secondary N) is 1. The molecule has 0 radical (unpaired) electrons. The number of piperazine rings is 1. The van der Waals surface area contributed by atoms with Crippen molar-refractivity contribution in [2.75, 3.05) is 31.5 Å². The Hall–Kier alpha value is -4.87. The molecule has 5 aromatic rings. The molecule has 1 aliphatic rings. The number of aryl methyl sites for hydroxylation is 1. The van der Waals surface area contributed by atoms with Gasteiger partial charge >= 0.3 is 0 Å². The zero-order chi connectivity index (χ0) is 26.6. The smallest absolute Gasteiger partial charge is 0.274 e. The molecule has 0 atom stereocenters. The average Bonchev–Trinajstić information content (AvgIpc) is 3.64. The van der Waals surface area contributed by atoms with Crippen LogP contribution in [0.25, 0.3) is 16.7 Å². The molecule has 3 aromatic heterocycles. The van der Waals surface area contributed by atoms with Crippen LogP contribution in [-0.2, 0) is 7.05 Å². The third kappa shape index (κ3) is 4.75. The van der Waals surface area contributed by atoms with Crippen molar-refractivity contribution in [1.82, 2.24) is 44.4 Å². The minimum atomic E-state index is -0.114. The van der Waals surface area contributed by atoms with E-state index < -0.39 is 0 Å². The van der Waals surface area contributed by atoms with E-state index in [1.807, 2.05) is 57.3 Å². The molecular weight excluding hydrogens is 484 g/mol. The summed E-state index contributed by atoms with van der Waals surface area (Å²) in [6.07, 6.45) is 3.31. The summed E-state index contributed by atoms with van der Waals surface area (Å²) in [5.41, 5.74) is 3.82. The van der Waals surface area contributed by atoms with Crippen molar-refractivity contribution in [2.24, 2.45) is 7.05 Å². The summed E-state index contributed by atoms with van der Waals surface area (Å²) in [5.74, 6) is 0.336. The van der Waals surface area contributed by atoms with Crippen molar-refractivity contribution in [3.05, 3.63) is 72.3 Å². The Bertz CT molecular complexity index is 1580. The maximum Gasteiger partial charge on any atom is 0.274 e. The molecule has 1 N–H and O–H groups in total. The van der Waals surface area contributed by atoms with Crippen LogP contribution in [0, 0.1) is 0 Å². The van der Waals surface area contributed by atoms with Crippen LogP contribution < -0.4 is 5.32 Å². The minimum Gasteiger partial charge on any atom is -0.340 e. The van der Waals surface area contributed by atoms with Crippen molar-refractivity contribution in [3.63, 3.8) is 0 Å². The van der Waals surface area contributed by atoms with Gasteiger partial charge in [-0.2, -0.15) is 4.52 Å². The Balaban J connectivity index is 0.00000144. The van der Waals surface area contributed by atoms with Gasteiger partial charge in [0, 0.05) is 50.7 Å². The summed E-state index contributed by atoms with van der Waals surface area (Å²) < 4.78 is 3.38. The fourth-order valence-corrected chi connectivity index (χ4v) is 4.30. The zero-order valence-electron chi connectivity index (χ0n) is 21.4. The number of imidazole rings is 1. The Morgan fingerprint density at radius 2 is 1.58 bits per heavy atom. The van der Waals surface area contributed by atoms with Crippen LogP contribution in [0.15, 0.2) is 61.1 Å². The third-order valence-corrected chi connectivity index (χ3v) is 6.20. The molecule has 2 amide bonds. The number of aromatic nitrogens is 7. The van der Waals surface area contributed by atoms with Crippen LogP contribution in [0.5, 0.6) is 0 Å². The molecule has 1 saturated heterocycles. The van der Waals surface area contributed by atoms with E-state index in [2.05, 4.69) is 30.8 Å². The number of tetrazole rings is 1.